The Balaban J connectivity index is 2.56. The molecule has 2 rings (SSSR count). The van der Waals surface area contributed by atoms with Crippen molar-refractivity contribution in [2.75, 3.05) is 0 Å². The third-order valence-electron chi connectivity index (χ3n) is 3.62. The van der Waals surface area contributed by atoms with Crippen LogP contribution in [0.25, 0.3) is 0 Å². The Kier molecular flexibility index (Phi) is 3.11. The molecule has 1 atom stereocenters. The van der Waals surface area contributed by atoms with Gasteiger partial charge >= 0.3 is 0 Å². The van der Waals surface area contributed by atoms with E-state index in [1.54, 1.807) is 5.56 Å². The summed E-state index contributed by atoms with van der Waals surface area (Å²) in [5.41, 5.74) is 12.3. The average Bonchev–Trinajstić information content (AvgIpc) is 2.28. The molecule has 0 saturated carbocycles. The second-order valence-electron chi connectivity index (χ2n) is 4.48. The van der Waals surface area contributed by atoms with Gasteiger partial charge in [-0.2, -0.15) is 0 Å². The molecule has 82 valence electrons. The van der Waals surface area contributed by atoms with Crippen LogP contribution in [0.5, 0.6) is 0 Å². The number of benzene rings is 1. The largest absolute Gasteiger partial charge is 0.324 e. The van der Waals surface area contributed by atoms with E-state index < -0.39 is 0 Å². The van der Waals surface area contributed by atoms with Crippen molar-refractivity contribution in [1.82, 2.24) is 0 Å². The smallest absolute Gasteiger partial charge is 0.0300 e. The maximum Gasteiger partial charge on any atom is 0.0300 e. The van der Waals surface area contributed by atoms with Crippen LogP contribution in [0.1, 0.15) is 55.0 Å². The highest BCUT2D eigenvalue weighted by Gasteiger charge is 2.21. The molecule has 0 radical (unpaired) electrons. The Labute approximate surface area is 92.7 Å². The van der Waals surface area contributed by atoms with Gasteiger partial charge in [-0.1, -0.05) is 26.0 Å². The van der Waals surface area contributed by atoms with Crippen molar-refractivity contribution >= 4 is 0 Å². The van der Waals surface area contributed by atoms with E-state index in [2.05, 4.69) is 26.0 Å². The molecule has 0 spiro atoms. The zero-order chi connectivity index (χ0) is 10.8. The van der Waals surface area contributed by atoms with Crippen molar-refractivity contribution in [3.8, 4) is 0 Å². The third kappa shape index (κ3) is 1.81. The Bertz CT molecular complexity index is 355. The van der Waals surface area contributed by atoms with Crippen LogP contribution in [-0.2, 0) is 19.3 Å². The van der Waals surface area contributed by atoms with Crippen LogP contribution >= 0.6 is 0 Å². The molecular weight excluding hydrogens is 182 g/mol. The highest BCUT2D eigenvalue weighted by molar-refractivity contribution is 5.44. The van der Waals surface area contributed by atoms with E-state index in [0.717, 1.165) is 19.3 Å². The molecule has 15 heavy (non-hydrogen) atoms. The summed E-state index contributed by atoms with van der Waals surface area (Å²) in [5.74, 6) is 0. The van der Waals surface area contributed by atoms with Crippen molar-refractivity contribution in [3.63, 3.8) is 0 Å². The zero-order valence-corrected chi connectivity index (χ0v) is 9.84. The predicted octanol–water partition coefficient (Wildman–Crippen LogP) is 3.15. The van der Waals surface area contributed by atoms with Gasteiger partial charge in [0.05, 0.1) is 0 Å². The molecule has 0 heterocycles. The van der Waals surface area contributed by atoms with Gasteiger partial charge in [-0.05, 0) is 54.4 Å². The first-order valence-electron chi connectivity index (χ1n) is 6.17. The van der Waals surface area contributed by atoms with E-state index in [-0.39, 0.29) is 6.04 Å². The first-order chi connectivity index (χ1) is 7.27. The Morgan fingerprint density at radius 1 is 1.20 bits per heavy atom. The summed E-state index contributed by atoms with van der Waals surface area (Å²) in [6.45, 7) is 4.46. The van der Waals surface area contributed by atoms with Gasteiger partial charge in [0.15, 0.2) is 0 Å². The van der Waals surface area contributed by atoms with E-state index in [4.69, 9.17) is 5.73 Å². The van der Waals surface area contributed by atoms with Crippen LogP contribution in [0.15, 0.2) is 12.1 Å². The van der Waals surface area contributed by atoms with Crippen LogP contribution in [0.2, 0.25) is 0 Å². The van der Waals surface area contributed by atoms with E-state index in [0.29, 0.717) is 0 Å². The Morgan fingerprint density at radius 2 is 1.87 bits per heavy atom. The second-order valence-corrected chi connectivity index (χ2v) is 4.48. The third-order valence-corrected chi connectivity index (χ3v) is 3.62. The van der Waals surface area contributed by atoms with Crippen molar-refractivity contribution in [1.29, 1.82) is 0 Å². The molecule has 1 heteroatoms. The van der Waals surface area contributed by atoms with Gasteiger partial charge in [0.25, 0.3) is 0 Å². The molecule has 0 aliphatic heterocycles. The van der Waals surface area contributed by atoms with Gasteiger partial charge in [0.2, 0.25) is 0 Å². The molecule has 2 N–H and O–H groups in total. The zero-order valence-electron chi connectivity index (χ0n) is 9.84. The van der Waals surface area contributed by atoms with E-state index in [1.165, 1.54) is 29.5 Å². The fraction of sp³-hybridized carbons (Fsp3) is 0.571. The van der Waals surface area contributed by atoms with E-state index >= 15 is 0 Å². The highest BCUT2D eigenvalue weighted by atomic mass is 14.6. The number of rotatable bonds is 2. The minimum atomic E-state index is 0.287. The summed E-state index contributed by atoms with van der Waals surface area (Å²) < 4.78 is 0. The normalized spacial score (nSPS) is 20.1. The van der Waals surface area contributed by atoms with Crippen molar-refractivity contribution in [2.45, 2.75) is 52.0 Å². The monoisotopic (exact) mass is 203 g/mol. The molecule has 1 nitrogen and oxygen atoms in total. The summed E-state index contributed by atoms with van der Waals surface area (Å²) in [6, 6.07) is 4.87. The van der Waals surface area contributed by atoms with Crippen molar-refractivity contribution < 1.29 is 0 Å². The van der Waals surface area contributed by atoms with Gasteiger partial charge in [0.1, 0.15) is 0 Å². The molecule has 1 unspecified atom stereocenters. The maximum atomic E-state index is 6.25. The maximum absolute atomic E-state index is 6.25. The molecule has 1 aliphatic rings. The number of fused-ring (bicyclic) bond motifs is 1. The highest BCUT2D eigenvalue weighted by Crippen LogP contribution is 2.33. The first-order valence-corrected chi connectivity index (χ1v) is 6.17. The summed E-state index contributed by atoms with van der Waals surface area (Å²) >= 11 is 0. The van der Waals surface area contributed by atoms with E-state index in [1.807, 2.05) is 0 Å². The van der Waals surface area contributed by atoms with Crippen LogP contribution in [0, 0.1) is 0 Å². The minimum Gasteiger partial charge on any atom is -0.324 e. The van der Waals surface area contributed by atoms with Crippen LogP contribution < -0.4 is 5.73 Å². The predicted molar refractivity (Wildman–Crippen MR) is 65.1 cm³/mol. The Morgan fingerprint density at radius 3 is 2.53 bits per heavy atom. The van der Waals surface area contributed by atoms with Gasteiger partial charge in [0, 0.05) is 6.04 Å². The molecule has 0 aromatic heterocycles. The molecule has 0 fully saturated rings. The number of hydrogen-bond donors (Lipinski definition) is 1. The van der Waals surface area contributed by atoms with Gasteiger partial charge < -0.3 is 5.73 Å². The number of aryl methyl sites for hydroxylation is 2. The molecule has 0 amide bonds. The number of nitrogens with two attached hydrogens (primary N) is 1. The van der Waals surface area contributed by atoms with Crippen molar-refractivity contribution in [2.24, 2.45) is 5.73 Å². The van der Waals surface area contributed by atoms with Crippen LogP contribution in [0.4, 0.5) is 0 Å². The molecule has 1 aromatic carbocycles. The van der Waals surface area contributed by atoms with E-state index in [9.17, 15) is 0 Å². The lowest BCUT2D eigenvalue weighted by molar-refractivity contribution is 0.562. The first kappa shape index (κ1) is 10.7. The average molecular weight is 203 g/mol. The number of hydrogen-bond acceptors (Lipinski definition) is 1. The Hall–Kier alpha value is -0.820. The molecule has 0 bridgehead atoms. The van der Waals surface area contributed by atoms with Crippen LogP contribution in [-0.4, -0.2) is 0 Å². The molecule has 0 saturated heterocycles. The van der Waals surface area contributed by atoms with Gasteiger partial charge in [-0.3, -0.25) is 0 Å². The fourth-order valence-corrected chi connectivity index (χ4v) is 2.80. The van der Waals surface area contributed by atoms with Gasteiger partial charge in [-0.25, -0.2) is 0 Å². The SMILES string of the molecule is CCc1ccc(CC)c2c1CCCC2N. The lowest BCUT2D eigenvalue weighted by atomic mass is 9.81. The lowest BCUT2D eigenvalue weighted by Crippen LogP contribution is -2.20. The second kappa shape index (κ2) is 4.36. The lowest BCUT2D eigenvalue weighted by Gasteiger charge is -2.27. The molecular formula is C14H21N. The van der Waals surface area contributed by atoms with Gasteiger partial charge in [-0.15, -0.1) is 0 Å². The quantitative estimate of drug-likeness (QED) is 0.785. The molecule has 1 aliphatic carbocycles. The fourth-order valence-electron chi connectivity index (χ4n) is 2.80. The summed E-state index contributed by atoms with van der Waals surface area (Å²) in [5, 5.41) is 0. The molecule has 1 aromatic rings. The minimum absolute atomic E-state index is 0.287. The summed E-state index contributed by atoms with van der Waals surface area (Å²) in [4.78, 5) is 0. The topological polar surface area (TPSA) is 26.0 Å². The van der Waals surface area contributed by atoms with Crippen molar-refractivity contribution in [3.05, 3.63) is 34.4 Å². The summed E-state index contributed by atoms with van der Waals surface area (Å²) in [7, 11) is 0. The van der Waals surface area contributed by atoms with Crippen LogP contribution in [0.3, 0.4) is 0 Å². The standard InChI is InChI=1S/C14H21N/c1-3-10-8-9-11(4-2)14-12(10)6-5-7-13(14)15/h8-9,13H,3-7,15H2,1-2H3. The summed E-state index contributed by atoms with van der Waals surface area (Å²) in [6.07, 6.45) is 5.90.